The van der Waals surface area contributed by atoms with Crippen LogP contribution >= 0.6 is 27.7 Å². The molecule has 1 heterocycles. The summed E-state index contributed by atoms with van der Waals surface area (Å²) in [4.78, 5) is 17.1. The highest BCUT2D eigenvalue weighted by atomic mass is 79.9. The van der Waals surface area contributed by atoms with Gasteiger partial charge in [-0.05, 0) is 93.4 Å². The number of nitrogens with one attached hydrogen (secondary N) is 1. The predicted octanol–water partition coefficient (Wildman–Crippen LogP) is 6.20. The first-order valence-corrected chi connectivity index (χ1v) is 10.8. The fraction of sp³-hybridized carbons (Fsp3) is 0.0435. The van der Waals surface area contributed by atoms with Gasteiger partial charge in [0, 0.05) is 0 Å². The van der Waals surface area contributed by atoms with Gasteiger partial charge in [-0.25, -0.2) is 13.8 Å². The van der Waals surface area contributed by atoms with E-state index in [2.05, 4.69) is 26.2 Å². The molecule has 0 unspecified atom stereocenters. The molecule has 0 aromatic heterocycles. The second-order valence-electron chi connectivity index (χ2n) is 6.56. The lowest BCUT2D eigenvalue weighted by Crippen LogP contribution is -2.19. The molecule has 0 radical (unpaired) electrons. The van der Waals surface area contributed by atoms with Gasteiger partial charge in [0.25, 0.3) is 5.91 Å². The monoisotopic (exact) mass is 500 g/mol. The number of ether oxygens (including phenoxy) is 1. The molecular weight excluding hydrogens is 486 g/mol. The molecule has 0 aliphatic carbocycles. The maximum absolute atomic E-state index is 13.0. The zero-order valence-electron chi connectivity index (χ0n) is 15.9. The van der Waals surface area contributed by atoms with Crippen LogP contribution in [-0.2, 0) is 11.4 Å². The Bertz CT molecular complexity index is 1180. The van der Waals surface area contributed by atoms with Gasteiger partial charge in [0.2, 0.25) is 0 Å². The first-order chi connectivity index (χ1) is 15.0. The van der Waals surface area contributed by atoms with Crippen molar-refractivity contribution in [3.05, 3.63) is 98.9 Å². The van der Waals surface area contributed by atoms with Crippen molar-refractivity contribution in [2.24, 2.45) is 4.99 Å². The molecule has 3 aromatic rings. The number of thioether (sulfide) groups is 1. The zero-order valence-corrected chi connectivity index (χ0v) is 18.3. The molecule has 1 saturated heterocycles. The average Bonchev–Trinajstić information content (AvgIpc) is 3.09. The van der Waals surface area contributed by atoms with E-state index in [4.69, 9.17) is 4.74 Å². The third-order valence-electron chi connectivity index (χ3n) is 4.27. The lowest BCUT2D eigenvalue weighted by Gasteiger charge is -2.09. The number of hydrogen-bond acceptors (Lipinski definition) is 4. The molecule has 0 spiro atoms. The molecule has 0 saturated carbocycles. The number of nitrogens with zero attached hydrogens (tertiary/aromatic N) is 1. The highest BCUT2D eigenvalue weighted by Gasteiger charge is 2.23. The molecular formula is C23H15BrF2N2O2S. The maximum Gasteiger partial charge on any atom is 0.264 e. The molecule has 0 bridgehead atoms. The molecule has 1 fully saturated rings. The number of carbonyl (C=O) groups excluding carboxylic acids is 1. The van der Waals surface area contributed by atoms with Crippen LogP contribution in [0.25, 0.3) is 6.08 Å². The molecule has 156 valence electrons. The van der Waals surface area contributed by atoms with Gasteiger partial charge in [0.1, 0.15) is 24.0 Å². The Labute approximate surface area is 190 Å². The van der Waals surface area contributed by atoms with Gasteiger partial charge in [-0.3, -0.25) is 4.79 Å². The van der Waals surface area contributed by atoms with E-state index in [0.717, 1.165) is 15.6 Å². The summed E-state index contributed by atoms with van der Waals surface area (Å²) in [6.07, 6.45) is 1.75. The molecule has 3 aromatic carbocycles. The van der Waals surface area contributed by atoms with E-state index >= 15 is 0 Å². The van der Waals surface area contributed by atoms with E-state index in [1.54, 1.807) is 36.4 Å². The van der Waals surface area contributed by atoms with Crippen molar-refractivity contribution < 1.29 is 18.3 Å². The number of amides is 1. The number of aliphatic imine (C=N–C) groups is 1. The first-order valence-electron chi connectivity index (χ1n) is 9.18. The van der Waals surface area contributed by atoms with E-state index in [9.17, 15) is 13.6 Å². The second kappa shape index (κ2) is 9.45. The number of hydrogen-bond donors (Lipinski definition) is 1. The Morgan fingerprint density at radius 2 is 1.68 bits per heavy atom. The topological polar surface area (TPSA) is 50.7 Å². The van der Waals surface area contributed by atoms with Crippen LogP contribution in [0.2, 0.25) is 0 Å². The summed E-state index contributed by atoms with van der Waals surface area (Å²) in [5.41, 5.74) is 2.21. The smallest absolute Gasteiger partial charge is 0.264 e. The van der Waals surface area contributed by atoms with Crippen molar-refractivity contribution in [3.63, 3.8) is 0 Å². The van der Waals surface area contributed by atoms with Crippen LogP contribution in [0.3, 0.4) is 0 Å². The summed E-state index contributed by atoms with van der Waals surface area (Å²) in [6, 6.07) is 17.3. The molecule has 1 N–H and O–H groups in total. The molecule has 1 aliphatic rings. The number of halogens is 3. The van der Waals surface area contributed by atoms with E-state index in [0.29, 0.717) is 28.1 Å². The number of rotatable bonds is 5. The lowest BCUT2D eigenvalue weighted by atomic mass is 10.2. The summed E-state index contributed by atoms with van der Waals surface area (Å²) in [5, 5.41) is 3.14. The first kappa shape index (κ1) is 21.3. The van der Waals surface area contributed by atoms with Crippen LogP contribution in [-0.4, -0.2) is 11.1 Å². The van der Waals surface area contributed by atoms with E-state index in [1.165, 1.54) is 36.0 Å². The van der Waals surface area contributed by atoms with Crippen LogP contribution < -0.4 is 10.1 Å². The quantitative estimate of drug-likeness (QED) is 0.424. The van der Waals surface area contributed by atoms with Crippen LogP contribution in [0.4, 0.5) is 14.5 Å². The Morgan fingerprint density at radius 1 is 1.00 bits per heavy atom. The third kappa shape index (κ3) is 5.59. The highest BCUT2D eigenvalue weighted by Crippen LogP contribution is 2.31. The van der Waals surface area contributed by atoms with Crippen molar-refractivity contribution in [1.82, 2.24) is 5.32 Å². The Kier molecular flexibility index (Phi) is 6.48. The minimum absolute atomic E-state index is 0.251. The van der Waals surface area contributed by atoms with Crippen molar-refractivity contribution in [2.75, 3.05) is 0 Å². The largest absolute Gasteiger partial charge is 0.488 e. The van der Waals surface area contributed by atoms with Crippen LogP contribution in [0.1, 0.15) is 11.1 Å². The van der Waals surface area contributed by atoms with Crippen LogP contribution in [0, 0.1) is 11.6 Å². The highest BCUT2D eigenvalue weighted by molar-refractivity contribution is 9.10. The maximum atomic E-state index is 13.0. The standard InChI is InChI=1S/C23H15BrF2N2O2S/c24-19-11-15(3-10-20(19)30-13-14-1-4-16(25)5-2-14)12-21-22(29)28-23(31-21)27-18-8-6-17(26)7-9-18/h1-12H,13H2,(H,27,28,29)/b21-12+. The van der Waals surface area contributed by atoms with Gasteiger partial charge in [-0.1, -0.05) is 18.2 Å². The van der Waals surface area contributed by atoms with Crippen molar-refractivity contribution >= 4 is 50.5 Å². The van der Waals surface area contributed by atoms with Gasteiger partial charge >= 0.3 is 0 Å². The van der Waals surface area contributed by atoms with Gasteiger partial charge < -0.3 is 10.1 Å². The summed E-state index contributed by atoms with van der Waals surface area (Å²) < 4.78 is 32.5. The summed E-state index contributed by atoms with van der Waals surface area (Å²) in [5.74, 6) is -0.252. The molecule has 1 amide bonds. The third-order valence-corrected chi connectivity index (χ3v) is 5.80. The van der Waals surface area contributed by atoms with Crippen LogP contribution in [0.15, 0.2) is 81.1 Å². The van der Waals surface area contributed by atoms with E-state index < -0.39 is 0 Å². The molecule has 8 heteroatoms. The van der Waals surface area contributed by atoms with Crippen molar-refractivity contribution in [3.8, 4) is 5.75 Å². The molecule has 0 atom stereocenters. The lowest BCUT2D eigenvalue weighted by molar-refractivity contribution is -0.115. The van der Waals surface area contributed by atoms with Crippen LogP contribution in [0.5, 0.6) is 5.75 Å². The van der Waals surface area contributed by atoms with Crippen molar-refractivity contribution in [2.45, 2.75) is 6.61 Å². The fourth-order valence-electron chi connectivity index (χ4n) is 2.73. The Morgan fingerprint density at radius 3 is 2.35 bits per heavy atom. The molecule has 31 heavy (non-hydrogen) atoms. The molecule has 4 nitrogen and oxygen atoms in total. The normalized spacial score (nSPS) is 16.0. The Balaban J connectivity index is 1.44. The summed E-state index contributed by atoms with van der Waals surface area (Å²) in [7, 11) is 0. The van der Waals surface area contributed by atoms with Gasteiger partial charge in [-0.15, -0.1) is 0 Å². The Hall–Kier alpha value is -2.97. The minimum Gasteiger partial charge on any atom is -0.488 e. The molecule has 4 rings (SSSR count). The van der Waals surface area contributed by atoms with Crippen molar-refractivity contribution in [1.29, 1.82) is 0 Å². The minimum atomic E-state index is -0.344. The number of benzene rings is 3. The van der Waals surface area contributed by atoms with Gasteiger partial charge in [0.05, 0.1) is 15.1 Å². The van der Waals surface area contributed by atoms with E-state index in [-0.39, 0.29) is 17.5 Å². The van der Waals surface area contributed by atoms with Gasteiger partial charge in [0.15, 0.2) is 5.17 Å². The second-order valence-corrected chi connectivity index (χ2v) is 8.45. The van der Waals surface area contributed by atoms with E-state index in [1.807, 2.05) is 12.1 Å². The number of amidine groups is 1. The predicted molar refractivity (Wildman–Crippen MR) is 122 cm³/mol. The summed E-state index contributed by atoms with van der Waals surface area (Å²) >= 11 is 4.69. The fourth-order valence-corrected chi connectivity index (χ4v) is 4.08. The van der Waals surface area contributed by atoms with Gasteiger partial charge in [-0.2, -0.15) is 0 Å². The number of carbonyl (C=O) groups is 1. The average molecular weight is 501 g/mol. The zero-order chi connectivity index (χ0) is 21.8. The SMILES string of the molecule is O=C1NC(=Nc2ccc(F)cc2)S/C1=C/c1ccc(OCc2ccc(F)cc2)c(Br)c1. The molecule has 1 aliphatic heterocycles. The summed E-state index contributed by atoms with van der Waals surface area (Å²) in [6.45, 7) is 0.306.